The average Bonchev–Trinajstić information content (AvgIpc) is 3.43. The van der Waals surface area contributed by atoms with Gasteiger partial charge in [-0.25, -0.2) is 13.1 Å². The molecule has 0 spiro atoms. The van der Waals surface area contributed by atoms with E-state index in [1.54, 1.807) is 26.2 Å². The van der Waals surface area contributed by atoms with E-state index in [0.717, 1.165) is 35.1 Å². The number of hydrogen-bond acceptors (Lipinski definition) is 7. The van der Waals surface area contributed by atoms with Crippen LogP contribution >= 0.6 is 0 Å². The van der Waals surface area contributed by atoms with Crippen molar-refractivity contribution in [2.45, 2.75) is 30.8 Å². The summed E-state index contributed by atoms with van der Waals surface area (Å²) in [6.45, 7) is 2.73. The molecule has 1 aliphatic heterocycles. The molecule has 2 heterocycles. The Morgan fingerprint density at radius 2 is 1.81 bits per heavy atom. The average molecular weight is 505 g/mol. The van der Waals surface area contributed by atoms with Crippen molar-refractivity contribution in [3.8, 4) is 17.0 Å². The zero-order valence-corrected chi connectivity index (χ0v) is 21.0. The highest BCUT2D eigenvalue weighted by Gasteiger charge is 2.23. The van der Waals surface area contributed by atoms with Crippen molar-refractivity contribution < 1.29 is 17.9 Å². The van der Waals surface area contributed by atoms with Crippen molar-refractivity contribution in [1.29, 1.82) is 0 Å². The summed E-state index contributed by atoms with van der Waals surface area (Å²) in [6, 6.07) is 20.7. The number of aryl methyl sites for hydroxylation is 1. The predicted octanol–water partition coefficient (Wildman–Crippen LogP) is 4.81. The summed E-state index contributed by atoms with van der Waals surface area (Å²) >= 11 is 0. The van der Waals surface area contributed by atoms with Crippen LogP contribution in [0, 0.1) is 6.92 Å². The highest BCUT2D eigenvalue weighted by Crippen LogP contribution is 2.33. The van der Waals surface area contributed by atoms with Crippen molar-refractivity contribution in [2.24, 2.45) is 0 Å². The number of sulfonamides is 1. The van der Waals surface area contributed by atoms with Gasteiger partial charge in [-0.1, -0.05) is 36.4 Å². The molecule has 0 aliphatic carbocycles. The molecule has 0 bridgehead atoms. The smallest absolute Gasteiger partial charge is 0.240 e. The molecule has 1 fully saturated rings. The molecule has 0 radical (unpaired) electrons. The summed E-state index contributed by atoms with van der Waals surface area (Å²) < 4.78 is 39.8. The molecule has 5 rings (SSSR count). The molecular formula is C27H28N4O4S. The summed E-state index contributed by atoms with van der Waals surface area (Å²) in [6.07, 6.45) is 1.74. The van der Waals surface area contributed by atoms with E-state index < -0.39 is 10.0 Å². The Morgan fingerprint density at radius 1 is 1.03 bits per heavy atom. The third-order valence-corrected chi connectivity index (χ3v) is 7.88. The van der Waals surface area contributed by atoms with Gasteiger partial charge in [0, 0.05) is 35.2 Å². The van der Waals surface area contributed by atoms with E-state index in [-0.39, 0.29) is 17.5 Å². The van der Waals surface area contributed by atoms with Gasteiger partial charge in [0.2, 0.25) is 10.0 Å². The van der Waals surface area contributed by atoms with E-state index >= 15 is 0 Å². The zero-order valence-electron chi connectivity index (χ0n) is 20.2. The van der Waals surface area contributed by atoms with Crippen molar-refractivity contribution in [1.82, 2.24) is 14.9 Å². The van der Waals surface area contributed by atoms with Gasteiger partial charge in [0.1, 0.15) is 11.4 Å². The van der Waals surface area contributed by atoms with Gasteiger partial charge in [-0.2, -0.15) is 0 Å². The van der Waals surface area contributed by atoms with E-state index in [4.69, 9.17) is 9.47 Å². The minimum atomic E-state index is -3.72. The molecule has 9 heteroatoms. The number of nitrogens with one attached hydrogen (secondary N) is 2. The normalized spacial score (nSPS) is 15.8. The van der Waals surface area contributed by atoms with Crippen LogP contribution in [0.1, 0.15) is 18.4 Å². The highest BCUT2D eigenvalue weighted by atomic mass is 32.2. The van der Waals surface area contributed by atoms with Gasteiger partial charge in [-0.05, 0) is 55.7 Å². The molecule has 0 amide bonds. The molecule has 0 unspecified atom stereocenters. The first-order valence-corrected chi connectivity index (χ1v) is 13.3. The Labute approximate surface area is 210 Å². The second-order valence-electron chi connectivity index (χ2n) is 8.76. The third-order valence-electron chi connectivity index (χ3n) is 6.32. The fourth-order valence-electron chi connectivity index (χ4n) is 4.34. The van der Waals surface area contributed by atoms with Gasteiger partial charge in [0.15, 0.2) is 5.82 Å². The Balaban J connectivity index is 1.48. The second kappa shape index (κ2) is 10.2. The van der Waals surface area contributed by atoms with E-state index in [2.05, 4.69) is 20.2 Å². The molecule has 2 N–H and O–H groups in total. The van der Waals surface area contributed by atoms with Gasteiger partial charge >= 0.3 is 0 Å². The minimum Gasteiger partial charge on any atom is -0.497 e. The molecule has 4 aromatic rings. The third kappa shape index (κ3) is 5.04. The minimum absolute atomic E-state index is 0.0798. The number of fused-ring (bicyclic) bond motifs is 1. The van der Waals surface area contributed by atoms with Crippen molar-refractivity contribution in [2.75, 3.05) is 25.6 Å². The quantitative estimate of drug-likeness (QED) is 0.355. The summed E-state index contributed by atoms with van der Waals surface area (Å²) in [5.74, 6) is 1.37. The van der Waals surface area contributed by atoms with Crippen LogP contribution in [0.3, 0.4) is 0 Å². The van der Waals surface area contributed by atoms with Gasteiger partial charge in [0.05, 0.1) is 18.1 Å². The zero-order chi connectivity index (χ0) is 25.1. The second-order valence-corrected chi connectivity index (χ2v) is 10.5. The van der Waals surface area contributed by atoms with Gasteiger partial charge in [0.25, 0.3) is 0 Å². The lowest BCUT2D eigenvalue weighted by molar-refractivity contribution is 0.114. The summed E-state index contributed by atoms with van der Waals surface area (Å²) in [7, 11) is -2.09. The fraction of sp³-hybridized carbons (Fsp3) is 0.259. The van der Waals surface area contributed by atoms with E-state index in [9.17, 15) is 8.42 Å². The van der Waals surface area contributed by atoms with Crippen LogP contribution in [-0.2, 0) is 14.8 Å². The Bertz CT molecular complexity index is 1480. The summed E-state index contributed by atoms with van der Waals surface area (Å²) in [5.41, 5.74) is 2.80. The number of rotatable bonds is 8. The molecule has 36 heavy (non-hydrogen) atoms. The van der Waals surface area contributed by atoms with E-state index in [0.29, 0.717) is 29.2 Å². The Hall–Kier alpha value is -3.53. The van der Waals surface area contributed by atoms with Gasteiger partial charge in [-0.3, -0.25) is 0 Å². The fourth-order valence-corrected chi connectivity index (χ4v) is 5.68. The monoisotopic (exact) mass is 504 g/mol. The number of ether oxygens (including phenoxy) is 2. The lowest BCUT2D eigenvalue weighted by atomic mass is 10.0. The number of benzene rings is 3. The van der Waals surface area contributed by atoms with Crippen molar-refractivity contribution in [3.05, 3.63) is 72.3 Å². The number of anilines is 2. The highest BCUT2D eigenvalue weighted by molar-refractivity contribution is 7.89. The van der Waals surface area contributed by atoms with Crippen LogP contribution in [0.2, 0.25) is 0 Å². The molecule has 186 valence electrons. The number of methoxy groups -OCH3 is 1. The maximum atomic E-state index is 13.1. The van der Waals surface area contributed by atoms with Crippen LogP contribution in [0.25, 0.3) is 22.0 Å². The molecular weight excluding hydrogens is 476 g/mol. The first-order valence-electron chi connectivity index (χ1n) is 11.8. The molecule has 8 nitrogen and oxygen atoms in total. The number of nitrogens with zero attached hydrogens (tertiary/aromatic N) is 2. The Kier molecular flexibility index (Phi) is 6.86. The largest absolute Gasteiger partial charge is 0.497 e. The van der Waals surface area contributed by atoms with E-state index in [1.165, 1.54) is 0 Å². The van der Waals surface area contributed by atoms with Crippen molar-refractivity contribution >= 4 is 32.3 Å². The molecule has 0 saturated carbocycles. The van der Waals surface area contributed by atoms with Gasteiger partial charge in [-0.15, -0.1) is 10.2 Å². The van der Waals surface area contributed by atoms with Crippen LogP contribution in [-0.4, -0.2) is 45.0 Å². The summed E-state index contributed by atoms with van der Waals surface area (Å²) in [4.78, 5) is 0.226. The molecule has 1 atom stereocenters. The van der Waals surface area contributed by atoms with Crippen molar-refractivity contribution in [3.63, 3.8) is 0 Å². The maximum Gasteiger partial charge on any atom is 0.240 e. The van der Waals surface area contributed by atoms with Crippen LogP contribution in [0.5, 0.6) is 5.75 Å². The van der Waals surface area contributed by atoms with Crippen LogP contribution < -0.4 is 14.8 Å². The standard InChI is InChI=1S/C27H28N4O4S/c1-18-9-10-19(16-25(18)36(32,33)28-17-22-6-5-15-35-22)26-23-7-3-4-8-24(23)27(31-30-26)29-20-11-13-21(34-2)14-12-20/h3-4,7-14,16,22,28H,5-6,15,17H2,1-2H3,(H,29,31)/t22-/m1/s1. The summed E-state index contributed by atoms with van der Waals surface area (Å²) in [5, 5.41) is 14.0. The Morgan fingerprint density at radius 3 is 2.53 bits per heavy atom. The molecule has 1 aliphatic rings. The molecule has 3 aromatic carbocycles. The van der Waals surface area contributed by atoms with Crippen LogP contribution in [0.4, 0.5) is 11.5 Å². The number of hydrogen-bond donors (Lipinski definition) is 2. The number of aromatic nitrogens is 2. The van der Waals surface area contributed by atoms with E-state index in [1.807, 2.05) is 54.6 Å². The lowest BCUT2D eigenvalue weighted by Gasteiger charge is -2.15. The maximum absolute atomic E-state index is 13.1. The predicted molar refractivity (Wildman–Crippen MR) is 140 cm³/mol. The van der Waals surface area contributed by atoms with Crippen LogP contribution in [0.15, 0.2) is 71.6 Å². The van der Waals surface area contributed by atoms with Gasteiger partial charge < -0.3 is 14.8 Å². The first-order chi connectivity index (χ1) is 17.4. The first kappa shape index (κ1) is 24.2. The SMILES string of the molecule is COc1ccc(Nc2nnc(-c3ccc(C)c(S(=O)(=O)NC[C@H]4CCCO4)c3)c3ccccc23)cc1. The molecule has 1 aromatic heterocycles. The topological polar surface area (TPSA) is 102 Å². The molecule has 1 saturated heterocycles. The lowest BCUT2D eigenvalue weighted by Crippen LogP contribution is -2.32.